The molecule has 4 heteroatoms. The molecule has 0 bridgehead atoms. The molecule has 2 aromatic carbocycles. The Morgan fingerprint density at radius 2 is 2.05 bits per heavy atom. The monoisotopic (exact) mass is 294 g/mol. The van der Waals surface area contributed by atoms with Crippen molar-refractivity contribution in [2.75, 3.05) is 0 Å². The average molecular weight is 295 g/mol. The van der Waals surface area contributed by atoms with E-state index in [1.165, 1.54) is 6.07 Å². The number of benzene rings is 2. The van der Waals surface area contributed by atoms with Crippen molar-refractivity contribution in [3.05, 3.63) is 63.9 Å². The Bertz CT molecular complexity index is 591. The fourth-order valence-corrected chi connectivity index (χ4v) is 2.16. The molecule has 1 N–H and O–H groups in total. The molecule has 0 spiro atoms. The molecule has 0 fully saturated rings. The zero-order valence-corrected chi connectivity index (χ0v) is 12.1. The van der Waals surface area contributed by atoms with Gasteiger partial charge in [0, 0.05) is 11.1 Å². The van der Waals surface area contributed by atoms with Crippen molar-refractivity contribution >= 4 is 11.6 Å². The van der Waals surface area contributed by atoms with Crippen molar-refractivity contribution in [1.82, 2.24) is 0 Å². The normalized spacial score (nSPS) is 12.2. The fourth-order valence-electron chi connectivity index (χ4n) is 1.95. The van der Waals surface area contributed by atoms with E-state index in [9.17, 15) is 9.50 Å². The second kappa shape index (κ2) is 6.25. The van der Waals surface area contributed by atoms with Crippen LogP contribution in [0.2, 0.25) is 5.02 Å². The Hall–Kier alpha value is -1.58. The lowest BCUT2D eigenvalue weighted by atomic mass is 10.1. The number of hydrogen-bond acceptors (Lipinski definition) is 2. The van der Waals surface area contributed by atoms with Gasteiger partial charge < -0.3 is 9.84 Å². The molecule has 2 rings (SSSR count). The number of aliphatic hydroxyl groups excluding tert-OH is 1. The molecule has 1 unspecified atom stereocenters. The van der Waals surface area contributed by atoms with E-state index in [0.717, 1.165) is 5.56 Å². The van der Waals surface area contributed by atoms with Gasteiger partial charge in [-0.2, -0.15) is 0 Å². The summed E-state index contributed by atoms with van der Waals surface area (Å²) in [4.78, 5) is 0. The molecule has 0 aliphatic carbocycles. The number of hydrogen-bond donors (Lipinski definition) is 1. The summed E-state index contributed by atoms with van der Waals surface area (Å²) in [6.45, 7) is 3.62. The highest BCUT2D eigenvalue weighted by Crippen LogP contribution is 2.28. The Labute approximate surface area is 122 Å². The van der Waals surface area contributed by atoms with Gasteiger partial charge in [0.1, 0.15) is 18.2 Å². The van der Waals surface area contributed by atoms with Crippen LogP contribution >= 0.6 is 11.6 Å². The minimum atomic E-state index is -0.652. The molecule has 0 aromatic heterocycles. The summed E-state index contributed by atoms with van der Waals surface area (Å²) >= 11 is 5.95. The lowest BCUT2D eigenvalue weighted by Crippen LogP contribution is -2.03. The lowest BCUT2D eigenvalue weighted by molar-refractivity contribution is 0.189. The Morgan fingerprint density at radius 1 is 1.30 bits per heavy atom. The highest BCUT2D eigenvalue weighted by atomic mass is 35.5. The van der Waals surface area contributed by atoms with E-state index in [2.05, 4.69) is 0 Å². The first-order chi connectivity index (χ1) is 9.49. The summed E-state index contributed by atoms with van der Waals surface area (Å²) < 4.78 is 19.3. The van der Waals surface area contributed by atoms with Gasteiger partial charge in [0.15, 0.2) is 0 Å². The molecule has 2 nitrogen and oxygen atoms in total. The Balaban J connectivity index is 2.23. The quantitative estimate of drug-likeness (QED) is 0.904. The second-order valence-corrected chi connectivity index (χ2v) is 5.11. The smallest absolute Gasteiger partial charge is 0.131 e. The summed E-state index contributed by atoms with van der Waals surface area (Å²) in [5.41, 5.74) is 2.01. The van der Waals surface area contributed by atoms with Gasteiger partial charge >= 0.3 is 0 Å². The van der Waals surface area contributed by atoms with E-state index in [4.69, 9.17) is 16.3 Å². The van der Waals surface area contributed by atoms with E-state index in [1.54, 1.807) is 25.1 Å². The van der Waals surface area contributed by atoms with Crippen molar-refractivity contribution < 1.29 is 14.2 Å². The van der Waals surface area contributed by atoms with Crippen molar-refractivity contribution in [2.24, 2.45) is 0 Å². The third-order valence-electron chi connectivity index (χ3n) is 3.05. The van der Waals surface area contributed by atoms with E-state index in [0.29, 0.717) is 21.9 Å². The van der Waals surface area contributed by atoms with Gasteiger partial charge in [-0.25, -0.2) is 4.39 Å². The molecular formula is C16H16ClFO2. The maximum atomic E-state index is 13.7. The van der Waals surface area contributed by atoms with Crippen molar-refractivity contribution in [2.45, 2.75) is 26.6 Å². The first-order valence-electron chi connectivity index (χ1n) is 6.33. The molecule has 2 aromatic rings. The molecule has 0 saturated carbocycles. The first-order valence-corrected chi connectivity index (χ1v) is 6.71. The molecule has 0 amide bonds. The number of aliphatic hydroxyl groups is 1. The van der Waals surface area contributed by atoms with Gasteiger partial charge in [-0.15, -0.1) is 0 Å². The third kappa shape index (κ3) is 3.30. The average Bonchev–Trinajstić information content (AvgIpc) is 2.39. The van der Waals surface area contributed by atoms with Gasteiger partial charge in [0.25, 0.3) is 0 Å². The summed E-state index contributed by atoms with van der Waals surface area (Å²) in [5, 5.41) is 10.1. The maximum absolute atomic E-state index is 13.7. The second-order valence-electron chi connectivity index (χ2n) is 4.71. The number of ether oxygens (including phenoxy) is 1. The molecule has 106 valence electrons. The predicted octanol–water partition coefficient (Wildman–Crippen LogP) is 4.42. The molecule has 1 atom stereocenters. The molecule has 0 aliphatic rings. The largest absolute Gasteiger partial charge is 0.488 e. The Morgan fingerprint density at radius 3 is 2.70 bits per heavy atom. The van der Waals surface area contributed by atoms with Gasteiger partial charge in [-0.05, 0) is 38.1 Å². The topological polar surface area (TPSA) is 29.5 Å². The van der Waals surface area contributed by atoms with Crippen molar-refractivity contribution in [1.29, 1.82) is 0 Å². The lowest BCUT2D eigenvalue weighted by Gasteiger charge is -2.15. The number of aryl methyl sites for hydroxylation is 1. The highest BCUT2D eigenvalue weighted by molar-refractivity contribution is 6.31. The summed E-state index contributed by atoms with van der Waals surface area (Å²) in [6.07, 6.45) is -0.652. The van der Waals surface area contributed by atoms with Gasteiger partial charge in [0.2, 0.25) is 0 Å². The van der Waals surface area contributed by atoms with E-state index >= 15 is 0 Å². The van der Waals surface area contributed by atoms with Gasteiger partial charge in [-0.3, -0.25) is 0 Å². The van der Waals surface area contributed by atoms with Crippen LogP contribution in [0, 0.1) is 12.7 Å². The highest BCUT2D eigenvalue weighted by Gasteiger charge is 2.12. The van der Waals surface area contributed by atoms with Crippen LogP contribution < -0.4 is 4.74 Å². The van der Waals surface area contributed by atoms with Gasteiger partial charge in [0.05, 0.1) is 11.1 Å². The molecule has 0 radical (unpaired) electrons. The molecule has 20 heavy (non-hydrogen) atoms. The molecule has 0 heterocycles. The van der Waals surface area contributed by atoms with Crippen LogP contribution in [0.1, 0.15) is 29.7 Å². The van der Waals surface area contributed by atoms with Crippen LogP contribution in [0.5, 0.6) is 5.75 Å². The minimum Gasteiger partial charge on any atom is -0.488 e. The van der Waals surface area contributed by atoms with E-state index < -0.39 is 11.9 Å². The number of rotatable bonds is 4. The minimum absolute atomic E-state index is 0.0221. The van der Waals surface area contributed by atoms with Crippen LogP contribution in [0.3, 0.4) is 0 Å². The van der Waals surface area contributed by atoms with Crippen LogP contribution in [0.4, 0.5) is 4.39 Å². The molecule has 0 saturated heterocycles. The van der Waals surface area contributed by atoms with Crippen LogP contribution in [-0.2, 0) is 6.61 Å². The third-order valence-corrected chi connectivity index (χ3v) is 3.40. The van der Waals surface area contributed by atoms with Crippen LogP contribution in [-0.4, -0.2) is 5.11 Å². The zero-order valence-electron chi connectivity index (χ0n) is 11.4. The summed E-state index contributed by atoms with van der Waals surface area (Å²) in [7, 11) is 0. The van der Waals surface area contributed by atoms with Crippen LogP contribution in [0.25, 0.3) is 0 Å². The maximum Gasteiger partial charge on any atom is 0.131 e. The zero-order chi connectivity index (χ0) is 14.7. The SMILES string of the molecule is Cc1ccc(OCc2c(F)cccc2Cl)c(C(C)O)c1. The first kappa shape index (κ1) is 14.8. The molecular weight excluding hydrogens is 279 g/mol. The van der Waals surface area contributed by atoms with Crippen molar-refractivity contribution in [3.63, 3.8) is 0 Å². The van der Waals surface area contributed by atoms with Crippen LogP contribution in [0.15, 0.2) is 36.4 Å². The molecule has 0 aliphatic heterocycles. The van der Waals surface area contributed by atoms with Crippen molar-refractivity contribution in [3.8, 4) is 5.75 Å². The standard InChI is InChI=1S/C16H16ClFO2/c1-10-6-7-16(12(8-10)11(2)19)20-9-13-14(17)4-3-5-15(13)18/h3-8,11,19H,9H2,1-2H3. The van der Waals surface area contributed by atoms with E-state index in [-0.39, 0.29) is 6.61 Å². The predicted molar refractivity (Wildman–Crippen MR) is 77.6 cm³/mol. The fraction of sp³-hybridized carbons (Fsp3) is 0.250. The van der Waals surface area contributed by atoms with E-state index in [1.807, 2.05) is 19.1 Å². The Kier molecular flexibility index (Phi) is 4.63. The summed E-state index contributed by atoms with van der Waals surface area (Å²) in [6, 6.07) is 10.0. The summed E-state index contributed by atoms with van der Waals surface area (Å²) in [5.74, 6) is 0.133. The van der Waals surface area contributed by atoms with Gasteiger partial charge in [-0.1, -0.05) is 29.3 Å². The number of halogens is 2.